The molecule has 7 nitrogen and oxygen atoms in total. The van der Waals surface area contributed by atoms with Gasteiger partial charge in [0.05, 0.1) is 6.21 Å². The smallest absolute Gasteiger partial charge is 0.264 e. The lowest BCUT2D eigenvalue weighted by atomic mass is 10.1. The SMILES string of the molecule is Cc1ccccc1CSc1nnc(N/N=C/c2ccccc2OCc2ccc(Cl)cc2)n1N. The third-order valence-corrected chi connectivity index (χ3v) is 6.12. The Kier molecular flexibility index (Phi) is 7.49. The van der Waals surface area contributed by atoms with Crippen LogP contribution in [0.1, 0.15) is 22.3 Å². The third kappa shape index (κ3) is 6.06. The molecule has 0 amide bonds. The first-order valence-electron chi connectivity index (χ1n) is 10.2. The van der Waals surface area contributed by atoms with Crippen molar-refractivity contribution in [1.82, 2.24) is 14.9 Å². The number of aromatic nitrogens is 3. The molecule has 0 fully saturated rings. The molecule has 0 aliphatic heterocycles. The van der Waals surface area contributed by atoms with Crippen LogP contribution in [0.15, 0.2) is 83.1 Å². The number of hydrogen-bond acceptors (Lipinski definition) is 7. The molecule has 4 aromatic rings. The minimum absolute atomic E-state index is 0.345. The van der Waals surface area contributed by atoms with Crippen molar-refractivity contribution in [2.75, 3.05) is 11.3 Å². The largest absolute Gasteiger partial charge is 0.488 e. The molecule has 0 radical (unpaired) electrons. The first kappa shape index (κ1) is 22.7. The van der Waals surface area contributed by atoms with Crippen LogP contribution in [0.4, 0.5) is 5.95 Å². The fourth-order valence-electron chi connectivity index (χ4n) is 2.99. The summed E-state index contributed by atoms with van der Waals surface area (Å²) >= 11 is 7.46. The van der Waals surface area contributed by atoms with Gasteiger partial charge in [0.1, 0.15) is 12.4 Å². The van der Waals surface area contributed by atoms with Crippen molar-refractivity contribution >= 4 is 35.5 Å². The summed E-state index contributed by atoms with van der Waals surface area (Å²) < 4.78 is 7.35. The van der Waals surface area contributed by atoms with Crippen LogP contribution in [-0.2, 0) is 12.4 Å². The fraction of sp³-hybridized carbons (Fsp3) is 0.125. The highest BCUT2D eigenvalue weighted by Crippen LogP contribution is 2.23. The average molecular weight is 479 g/mol. The van der Waals surface area contributed by atoms with Crippen molar-refractivity contribution < 1.29 is 4.74 Å². The molecule has 0 atom stereocenters. The molecule has 9 heteroatoms. The number of nitrogen functional groups attached to an aromatic ring is 1. The summed E-state index contributed by atoms with van der Waals surface area (Å²) in [5.74, 6) is 7.95. The van der Waals surface area contributed by atoms with Crippen molar-refractivity contribution in [3.63, 3.8) is 0 Å². The number of nitrogens with one attached hydrogen (secondary N) is 1. The molecule has 1 heterocycles. The number of nitrogens with two attached hydrogens (primary N) is 1. The number of hydrazone groups is 1. The quantitative estimate of drug-likeness (QED) is 0.147. The fourth-order valence-corrected chi connectivity index (χ4v) is 4.04. The summed E-state index contributed by atoms with van der Waals surface area (Å²) in [6.07, 6.45) is 1.66. The lowest BCUT2D eigenvalue weighted by Crippen LogP contribution is -2.13. The van der Waals surface area contributed by atoms with Crippen LogP contribution in [0.3, 0.4) is 0 Å². The number of anilines is 1. The van der Waals surface area contributed by atoms with Gasteiger partial charge in [-0.1, -0.05) is 71.9 Å². The number of rotatable bonds is 9. The van der Waals surface area contributed by atoms with Crippen molar-refractivity contribution in [2.45, 2.75) is 24.4 Å². The Hall–Kier alpha value is -3.49. The monoisotopic (exact) mass is 478 g/mol. The van der Waals surface area contributed by atoms with Crippen LogP contribution < -0.4 is 16.0 Å². The number of nitrogens with zero attached hydrogens (tertiary/aromatic N) is 4. The second kappa shape index (κ2) is 10.9. The normalized spacial score (nSPS) is 11.1. The highest BCUT2D eigenvalue weighted by Gasteiger charge is 2.10. The van der Waals surface area contributed by atoms with Crippen LogP contribution in [0, 0.1) is 6.92 Å². The van der Waals surface area contributed by atoms with E-state index in [9.17, 15) is 0 Å². The molecule has 4 rings (SSSR count). The van der Waals surface area contributed by atoms with E-state index in [4.69, 9.17) is 22.2 Å². The van der Waals surface area contributed by atoms with E-state index < -0.39 is 0 Å². The van der Waals surface area contributed by atoms with Gasteiger partial charge in [0, 0.05) is 16.3 Å². The van der Waals surface area contributed by atoms with Gasteiger partial charge in [-0.15, -0.1) is 10.2 Å². The molecule has 3 aromatic carbocycles. The third-order valence-electron chi connectivity index (χ3n) is 4.88. The first-order chi connectivity index (χ1) is 16.1. The molecule has 0 bridgehead atoms. The van der Waals surface area contributed by atoms with Crippen LogP contribution in [0.2, 0.25) is 5.02 Å². The lowest BCUT2D eigenvalue weighted by Gasteiger charge is -2.09. The molecule has 3 N–H and O–H groups in total. The Bertz CT molecular complexity index is 1240. The predicted molar refractivity (Wildman–Crippen MR) is 134 cm³/mol. The number of para-hydroxylation sites is 1. The van der Waals surface area contributed by atoms with Crippen molar-refractivity contribution in [2.24, 2.45) is 5.10 Å². The highest BCUT2D eigenvalue weighted by atomic mass is 35.5. The molecule has 0 unspecified atom stereocenters. The van der Waals surface area contributed by atoms with E-state index in [0.717, 1.165) is 16.9 Å². The molecule has 0 aliphatic rings. The zero-order valence-corrected chi connectivity index (χ0v) is 19.6. The summed E-state index contributed by atoms with van der Waals surface area (Å²) in [7, 11) is 0. The Balaban J connectivity index is 1.36. The first-order valence-corrected chi connectivity index (χ1v) is 11.6. The maximum atomic E-state index is 6.14. The zero-order valence-electron chi connectivity index (χ0n) is 18.0. The molecule has 33 heavy (non-hydrogen) atoms. The topological polar surface area (TPSA) is 90.4 Å². The number of ether oxygens (including phenoxy) is 1. The minimum atomic E-state index is 0.345. The van der Waals surface area contributed by atoms with Gasteiger partial charge < -0.3 is 10.6 Å². The summed E-state index contributed by atoms with van der Waals surface area (Å²) in [4.78, 5) is 0. The molecule has 0 saturated heterocycles. The predicted octanol–water partition coefficient (Wildman–Crippen LogP) is 5.27. The molecule has 1 aromatic heterocycles. The van der Waals surface area contributed by atoms with Gasteiger partial charge in [0.15, 0.2) is 0 Å². The van der Waals surface area contributed by atoms with Crippen LogP contribution in [-0.4, -0.2) is 21.1 Å². The summed E-state index contributed by atoms with van der Waals surface area (Å²) in [6, 6.07) is 23.4. The standard InChI is InChI=1S/C24H23ClN6OS/c1-17-6-2-3-8-20(17)16-33-24-30-29-23(31(24)26)28-27-14-19-7-4-5-9-22(19)32-15-18-10-12-21(25)13-11-18/h2-14H,15-16,26H2,1H3,(H,28,29)/b27-14+. The van der Waals surface area contributed by atoms with E-state index in [2.05, 4.69) is 39.8 Å². The zero-order chi connectivity index (χ0) is 23.0. The minimum Gasteiger partial charge on any atom is -0.488 e. The number of hydrogen-bond donors (Lipinski definition) is 2. The van der Waals surface area contributed by atoms with E-state index >= 15 is 0 Å². The molecule has 168 valence electrons. The summed E-state index contributed by atoms with van der Waals surface area (Å²) in [6.45, 7) is 2.51. The maximum Gasteiger partial charge on any atom is 0.264 e. The highest BCUT2D eigenvalue weighted by molar-refractivity contribution is 7.98. The number of benzene rings is 3. The van der Waals surface area contributed by atoms with Gasteiger partial charge in [0.2, 0.25) is 5.16 Å². The lowest BCUT2D eigenvalue weighted by molar-refractivity contribution is 0.306. The van der Waals surface area contributed by atoms with Crippen LogP contribution in [0.25, 0.3) is 0 Å². The van der Waals surface area contributed by atoms with E-state index in [1.807, 2.05) is 60.7 Å². The Morgan fingerprint density at radius 2 is 1.82 bits per heavy atom. The van der Waals surface area contributed by atoms with Gasteiger partial charge in [-0.25, -0.2) is 10.1 Å². The molecular formula is C24H23ClN6OS. The number of halogens is 1. The van der Waals surface area contributed by atoms with Crippen LogP contribution in [0.5, 0.6) is 5.75 Å². The summed E-state index contributed by atoms with van der Waals surface area (Å²) in [5, 5.41) is 13.8. The average Bonchev–Trinajstić information content (AvgIpc) is 3.18. The molecule has 0 spiro atoms. The molecule has 0 saturated carbocycles. The molecular weight excluding hydrogens is 456 g/mol. The second-order valence-corrected chi connectivity index (χ2v) is 8.59. The van der Waals surface area contributed by atoms with Crippen LogP contribution >= 0.6 is 23.4 Å². The van der Waals surface area contributed by atoms with Gasteiger partial charge in [-0.05, 0) is 47.9 Å². The van der Waals surface area contributed by atoms with E-state index in [0.29, 0.717) is 28.5 Å². The van der Waals surface area contributed by atoms with Crippen molar-refractivity contribution in [3.8, 4) is 5.75 Å². The maximum absolute atomic E-state index is 6.14. The van der Waals surface area contributed by atoms with Gasteiger partial charge in [-0.3, -0.25) is 0 Å². The number of thioether (sulfide) groups is 1. The van der Waals surface area contributed by atoms with E-state index in [1.165, 1.54) is 27.6 Å². The van der Waals surface area contributed by atoms with Gasteiger partial charge >= 0.3 is 0 Å². The van der Waals surface area contributed by atoms with Gasteiger partial charge in [-0.2, -0.15) is 5.10 Å². The summed E-state index contributed by atoms with van der Waals surface area (Å²) in [5.41, 5.74) is 7.15. The van der Waals surface area contributed by atoms with E-state index in [1.54, 1.807) is 6.21 Å². The van der Waals surface area contributed by atoms with Crippen molar-refractivity contribution in [1.29, 1.82) is 0 Å². The Morgan fingerprint density at radius 1 is 1.06 bits per heavy atom. The second-order valence-electron chi connectivity index (χ2n) is 7.21. The van der Waals surface area contributed by atoms with E-state index in [-0.39, 0.29) is 0 Å². The Labute approximate surface area is 201 Å². The van der Waals surface area contributed by atoms with Crippen molar-refractivity contribution in [3.05, 3.63) is 100 Å². The number of aryl methyl sites for hydroxylation is 1. The van der Waals surface area contributed by atoms with Gasteiger partial charge in [0.25, 0.3) is 5.95 Å². The molecule has 0 aliphatic carbocycles. The Morgan fingerprint density at radius 3 is 2.64 bits per heavy atom.